The first-order valence-electron chi connectivity index (χ1n) is 8.42. The number of fused-ring (bicyclic) bond motifs is 1. The molecular weight excluding hydrogens is 348 g/mol. The van der Waals surface area contributed by atoms with Crippen LogP contribution in [0.25, 0.3) is 5.65 Å². The van der Waals surface area contributed by atoms with Crippen molar-refractivity contribution in [2.45, 2.75) is 26.8 Å². The third-order valence-corrected chi connectivity index (χ3v) is 4.18. The second-order valence-electron chi connectivity index (χ2n) is 6.26. The molecule has 3 rings (SSSR count). The summed E-state index contributed by atoms with van der Waals surface area (Å²) in [5.41, 5.74) is 3.58. The standard InChI is InChI=1S/C19H20N4O4/c1-11-8-17-20-9-16(13(3)23(17)22-11)19(26)21-12(2)14-4-6-15(7-5-14)27-10-18(24)25/h4-9,12H,10H2,1-3H3,(H,21,26)(H,24,25). The molecule has 0 aliphatic rings. The van der Waals surface area contributed by atoms with E-state index in [4.69, 9.17) is 9.84 Å². The number of hydrogen-bond donors (Lipinski definition) is 2. The van der Waals surface area contributed by atoms with Crippen molar-refractivity contribution < 1.29 is 19.4 Å². The van der Waals surface area contributed by atoms with Crippen LogP contribution in [0.15, 0.2) is 36.5 Å². The molecular formula is C19H20N4O4. The number of carboxylic acid groups (broad SMARTS) is 1. The second kappa shape index (κ2) is 7.45. The summed E-state index contributed by atoms with van der Waals surface area (Å²) in [6.07, 6.45) is 1.55. The third kappa shape index (κ3) is 4.05. The summed E-state index contributed by atoms with van der Waals surface area (Å²) in [5.74, 6) is -0.819. The molecule has 0 fully saturated rings. The number of rotatable bonds is 6. The van der Waals surface area contributed by atoms with Gasteiger partial charge in [-0.05, 0) is 38.5 Å². The van der Waals surface area contributed by atoms with Crippen molar-refractivity contribution in [1.29, 1.82) is 0 Å². The summed E-state index contributed by atoms with van der Waals surface area (Å²) in [7, 11) is 0. The largest absolute Gasteiger partial charge is 0.482 e. The average molecular weight is 368 g/mol. The third-order valence-electron chi connectivity index (χ3n) is 4.18. The maximum absolute atomic E-state index is 12.7. The van der Waals surface area contributed by atoms with Gasteiger partial charge in [0.05, 0.1) is 23.0 Å². The van der Waals surface area contributed by atoms with E-state index in [1.54, 1.807) is 35.0 Å². The lowest BCUT2D eigenvalue weighted by Crippen LogP contribution is -2.28. The molecule has 0 bridgehead atoms. The number of benzene rings is 1. The number of carboxylic acids is 1. The summed E-state index contributed by atoms with van der Waals surface area (Å²) in [5, 5.41) is 15.9. The Morgan fingerprint density at radius 1 is 1.26 bits per heavy atom. The zero-order valence-electron chi connectivity index (χ0n) is 15.3. The van der Waals surface area contributed by atoms with Gasteiger partial charge in [0.1, 0.15) is 5.75 Å². The number of carbonyl (C=O) groups excluding carboxylic acids is 1. The van der Waals surface area contributed by atoms with Gasteiger partial charge in [-0.15, -0.1) is 0 Å². The Balaban J connectivity index is 1.72. The van der Waals surface area contributed by atoms with Gasteiger partial charge in [-0.3, -0.25) is 4.79 Å². The number of carbonyl (C=O) groups is 2. The molecule has 0 aliphatic heterocycles. The van der Waals surface area contributed by atoms with E-state index in [2.05, 4.69) is 15.4 Å². The number of nitrogens with zero attached hydrogens (tertiary/aromatic N) is 3. The predicted molar refractivity (Wildman–Crippen MR) is 97.9 cm³/mol. The molecule has 1 aromatic carbocycles. The molecule has 0 radical (unpaired) electrons. The maximum Gasteiger partial charge on any atom is 0.341 e. The summed E-state index contributed by atoms with van der Waals surface area (Å²) < 4.78 is 6.76. The van der Waals surface area contributed by atoms with Gasteiger partial charge in [-0.1, -0.05) is 12.1 Å². The molecule has 0 spiro atoms. The molecule has 1 atom stereocenters. The van der Waals surface area contributed by atoms with Crippen molar-refractivity contribution in [1.82, 2.24) is 19.9 Å². The highest BCUT2D eigenvalue weighted by atomic mass is 16.5. The van der Waals surface area contributed by atoms with E-state index in [0.717, 1.165) is 17.0 Å². The van der Waals surface area contributed by atoms with Crippen molar-refractivity contribution in [2.75, 3.05) is 6.61 Å². The summed E-state index contributed by atoms with van der Waals surface area (Å²) in [4.78, 5) is 27.5. The van der Waals surface area contributed by atoms with E-state index in [1.807, 2.05) is 26.8 Å². The number of nitrogens with one attached hydrogen (secondary N) is 1. The fourth-order valence-electron chi connectivity index (χ4n) is 2.74. The summed E-state index contributed by atoms with van der Waals surface area (Å²) in [6, 6.07) is 8.52. The molecule has 0 aliphatic carbocycles. The van der Waals surface area contributed by atoms with Crippen LogP contribution >= 0.6 is 0 Å². The quantitative estimate of drug-likeness (QED) is 0.692. The first-order valence-corrected chi connectivity index (χ1v) is 8.42. The Morgan fingerprint density at radius 2 is 1.96 bits per heavy atom. The van der Waals surface area contributed by atoms with Crippen LogP contribution in [0, 0.1) is 13.8 Å². The highest BCUT2D eigenvalue weighted by Crippen LogP contribution is 2.19. The maximum atomic E-state index is 12.7. The van der Waals surface area contributed by atoms with E-state index in [1.165, 1.54) is 0 Å². The number of ether oxygens (including phenoxy) is 1. The van der Waals surface area contributed by atoms with E-state index >= 15 is 0 Å². The van der Waals surface area contributed by atoms with Crippen LogP contribution < -0.4 is 10.1 Å². The van der Waals surface area contributed by atoms with Gasteiger partial charge in [0.15, 0.2) is 12.3 Å². The van der Waals surface area contributed by atoms with Crippen molar-refractivity contribution in [3.05, 3.63) is 59.0 Å². The van der Waals surface area contributed by atoms with Crippen LogP contribution in [0.4, 0.5) is 0 Å². The lowest BCUT2D eigenvalue weighted by atomic mass is 10.1. The van der Waals surface area contributed by atoms with E-state index in [0.29, 0.717) is 17.0 Å². The Kier molecular flexibility index (Phi) is 5.07. The first-order chi connectivity index (χ1) is 12.8. The number of hydrogen-bond acceptors (Lipinski definition) is 5. The SMILES string of the molecule is Cc1cc2ncc(C(=O)NC(C)c3ccc(OCC(=O)O)cc3)c(C)n2n1. The molecule has 8 nitrogen and oxygen atoms in total. The normalized spacial score (nSPS) is 12.0. The van der Waals surface area contributed by atoms with Gasteiger partial charge < -0.3 is 15.2 Å². The molecule has 2 N–H and O–H groups in total. The van der Waals surface area contributed by atoms with Gasteiger partial charge in [0.2, 0.25) is 0 Å². The Hall–Kier alpha value is -3.42. The van der Waals surface area contributed by atoms with Gasteiger partial charge in [-0.25, -0.2) is 14.3 Å². The Bertz CT molecular complexity index is 995. The lowest BCUT2D eigenvalue weighted by molar-refractivity contribution is -0.139. The summed E-state index contributed by atoms with van der Waals surface area (Å²) >= 11 is 0. The van der Waals surface area contributed by atoms with Crippen LogP contribution in [0.3, 0.4) is 0 Å². The zero-order valence-corrected chi connectivity index (χ0v) is 15.3. The molecule has 1 amide bonds. The number of aryl methyl sites for hydroxylation is 2. The van der Waals surface area contributed by atoms with Crippen LogP contribution in [-0.4, -0.2) is 38.2 Å². The molecule has 1 unspecified atom stereocenters. The molecule has 2 heterocycles. The highest BCUT2D eigenvalue weighted by Gasteiger charge is 2.16. The fourth-order valence-corrected chi connectivity index (χ4v) is 2.74. The summed E-state index contributed by atoms with van der Waals surface area (Å²) in [6.45, 7) is 5.17. The van der Waals surface area contributed by atoms with Crippen molar-refractivity contribution in [3.63, 3.8) is 0 Å². The first kappa shape index (κ1) is 18.4. The fraction of sp³-hybridized carbons (Fsp3) is 0.263. The van der Waals surface area contributed by atoms with Crippen molar-refractivity contribution in [3.8, 4) is 5.75 Å². The van der Waals surface area contributed by atoms with E-state index in [-0.39, 0.29) is 11.9 Å². The minimum atomic E-state index is -1.03. The van der Waals surface area contributed by atoms with Crippen LogP contribution in [0.2, 0.25) is 0 Å². The molecule has 27 heavy (non-hydrogen) atoms. The molecule has 0 saturated carbocycles. The highest BCUT2D eigenvalue weighted by molar-refractivity contribution is 5.95. The molecule has 3 aromatic rings. The lowest BCUT2D eigenvalue weighted by Gasteiger charge is -2.16. The Labute approximate surface area is 155 Å². The van der Waals surface area contributed by atoms with Gasteiger partial charge >= 0.3 is 5.97 Å². The second-order valence-corrected chi connectivity index (χ2v) is 6.26. The van der Waals surface area contributed by atoms with Crippen LogP contribution in [0.5, 0.6) is 5.75 Å². The van der Waals surface area contributed by atoms with Crippen LogP contribution in [-0.2, 0) is 4.79 Å². The van der Waals surface area contributed by atoms with E-state index in [9.17, 15) is 9.59 Å². The smallest absolute Gasteiger partial charge is 0.341 e. The number of aromatic nitrogens is 3. The number of amides is 1. The van der Waals surface area contributed by atoms with Gasteiger partial charge in [-0.2, -0.15) is 5.10 Å². The average Bonchev–Trinajstić information content (AvgIpc) is 3.02. The number of aliphatic carboxylic acids is 1. The van der Waals surface area contributed by atoms with Crippen LogP contribution in [0.1, 0.15) is 40.3 Å². The molecule has 2 aromatic heterocycles. The Morgan fingerprint density at radius 3 is 2.63 bits per heavy atom. The van der Waals surface area contributed by atoms with E-state index < -0.39 is 12.6 Å². The molecule has 140 valence electrons. The predicted octanol–water partition coefficient (Wildman–Crippen LogP) is 2.30. The molecule has 0 saturated heterocycles. The monoisotopic (exact) mass is 368 g/mol. The van der Waals surface area contributed by atoms with Gasteiger partial charge in [0, 0.05) is 12.3 Å². The topological polar surface area (TPSA) is 106 Å². The van der Waals surface area contributed by atoms with Crippen molar-refractivity contribution in [2.24, 2.45) is 0 Å². The zero-order chi connectivity index (χ0) is 19.6. The molecule has 8 heteroatoms. The van der Waals surface area contributed by atoms with Crippen molar-refractivity contribution >= 4 is 17.5 Å². The minimum absolute atomic E-state index is 0.242. The van der Waals surface area contributed by atoms with Gasteiger partial charge in [0.25, 0.3) is 5.91 Å². The minimum Gasteiger partial charge on any atom is -0.482 e.